The van der Waals surface area contributed by atoms with Gasteiger partial charge >= 0.3 is 0 Å². The highest BCUT2D eigenvalue weighted by Gasteiger charge is 2.06. The van der Waals surface area contributed by atoms with Crippen molar-refractivity contribution in [1.29, 1.82) is 0 Å². The summed E-state index contributed by atoms with van der Waals surface area (Å²) in [4.78, 5) is 20.8. The summed E-state index contributed by atoms with van der Waals surface area (Å²) in [7, 11) is 0. The third kappa shape index (κ3) is 3.11. The molecule has 0 spiro atoms. The number of anilines is 2. The van der Waals surface area contributed by atoms with Gasteiger partial charge in [-0.25, -0.2) is 4.98 Å². The fourth-order valence-electron chi connectivity index (χ4n) is 1.82. The molecule has 21 heavy (non-hydrogen) atoms. The van der Waals surface area contributed by atoms with E-state index in [1.54, 1.807) is 23.3 Å². The molecule has 0 fully saturated rings. The third-order valence-electron chi connectivity index (χ3n) is 2.75. The largest absolute Gasteiger partial charge is 0.368 e. The van der Waals surface area contributed by atoms with E-state index in [2.05, 4.69) is 30.2 Å². The molecule has 3 heterocycles. The number of nitrogens with two attached hydrogens (primary N) is 1. The van der Waals surface area contributed by atoms with Crippen LogP contribution in [0.2, 0.25) is 0 Å². The lowest BCUT2D eigenvalue weighted by Crippen LogP contribution is -2.11. The zero-order valence-electron chi connectivity index (χ0n) is 11.4. The fraction of sp³-hybridized carbons (Fsp3) is 0.154. The summed E-state index contributed by atoms with van der Waals surface area (Å²) in [6.07, 6.45) is 4.98. The van der Waals surface area contributed by atoms with Gasteiger partial charge in [-0.05, 0) is 19.1 Å². The number of aryl methyl sites for hydroxylation is 1. The van der Waals surface area contributed by atoms with Crippen LogP contribution in [-0.2, 0) is 6.54 Å². The van der Waals surface area contributed by atoms with Gasteiger partial charge < -0.3 is 11.1 Å². The Labute approximate surface area is 121 Å². The molecule has 0 radical (unpaired) electrons. The first kappa shape index (κ1) is 13.0. The van der Waals surface area contributed by atoms with E-state index < -0.39 is 0 Å². The molecule has 0 aliphatic heterocycles. The maximum Gasteiger partial charge on any atom is 0.241 e. The van der Waals surface area contributed by atoms with Crippen molar-refractivity contribution in [2.24, 2.45) is 0 Å². The molecule has 0 unspecified atom stereocenters. The van der Waals surface area contributed by atoms with E-state index in [9.17, 15) is 0 Å². The molecule has 0 aromatic carbocycles. The molecule has 8 heteroatoms. The van der Waals surface area contributed by atoms with E-state index >= 15 is 0 Å². The first-order valence-electron chi connectivity index (χ1n) is 6.37. The molecule has 3 N–H and O–H groups in total. The molecule has 0 bridgehead atoms. The predicted molar refractivity (Wildman–Crippen MR) is 77.7 cm³/mol. The van der Waals surface area contributed by atoms with Gasteiger partial charge in [-0.1, -0.05) is 6.07 Å². The third-order valence-corrected chi connectivity index (χ3v) is 2.75. The van der Waals surface area contributed by atoms with Crippen LogP contribution in [0.1, 0.15) is 11.4 Å². The highest BCUT2D eigenvalue weighted by molar-refractivity contribution is 5.35. The number of nitrogen functional groups attached to an aromatic ring is 1. The molecule has 0 saturated heterocycles. The van der Waals surface area contributed by atoms with Crippen LogP contribution >= 0.6 is 0 Å². The van der Waals surface area contributed by atoms with Gasteiger partial charge in [0.15, 0.2) is 0 Å². The molecular formula is C13H14N8. The maximum atomic E-state index is 5.71. The summed E-state index contributed by atoms with van der Waals surface area (Å²) >= 11 is 0. The standard InChI is InChI=1S/C13H14N8/c1-9-3-2-4-10(17-9)7-16-12-18-11(14)19-13(20-12)21-6-5-15-8-21/h2-6,8H,7H2,1H3,(H3,14,16,18,19,20). The van der Waals surface area contributed by atoms with Crippen molar-refractivity contribution in [3.05, 3.63) is 48.3 Å². The van der Waals surface area contributed by atoms with Gasteiger partial charge in [0.25, 0.3) is 0 Å². The van der Waals surface area contributed by atoms with Gasteiger partial charge in [0, 0.05) is 18.1 Å². The molecule has 0 amide bonds. The number of rotatable bonds is 4. The van der Waals surface area contributed by atoms with Crippen LogP contribution in [0.5, 0.6) is 0 Å². The van der Waals surface area contributed by atoms with Gasteiger partial charge in [-0.2, -0.15) is 15.0 Å². The van der Waals surface area contributed by atoms with Crippen molar-refractivity contribution in [1.82, 2.24) is 29.5 Å². The summed E-state index contributed by atoms with van der Waals surface area (Å²) in [5.41, 5.74) is 7.57. The second kappa shape index (κ2) is 5.53. The van der Waals surface area contributed by atoms with Crippen LogP contribution in [0.25, 0.3) is 5.95 Å². The number of imidazole rings is 1. The van der Waals surface area contributed by atoms with E-state index in [1.165, 1.54) is 0 Å². The normalized spacial score (nSPS) is 10.5. The van der Waals surface area contributed by atoms with Crippen LogP contribution in [0, 0.1) is 6.92 Å². The summed E-state index contributed by atoms with van der Waals surface area (Å²) in [5, 5.41) is 3.09. The minimum atomic E-state index is 0.147. The fourth-order valence-corrected chi connectivity index (χ4v) is 1.82. The molecule has 3 rings (SSSR count). The Hall–Kier alpha value is -3.03. The first-order valence-corrected chi connectivity index (χ1v) is 6.37. The van der Waals surface area contributed by atoms with Crippen molar-refractivity contribution in [2.45, 2.75) is 13.5 Å². The monoisotopic (exact) mass is 282 g/mol. The Morgan fingerprint density at radius 3 is 2.86 bits per heavy atom. The highest BCUT2D eigenvalue weighted by Crippen LogP contribution is 2.08. The van der Waals surface area contributed by atoms with E-state index in [1.807, 2.05) is 25.1 Å². The van der Waals surface area contributed by atoms with E-state index in [0.717, 1.165) is 11.4 Å². The van der Waals surface area contributed by atoms with Crippen LogP contribution in [0.3, 0.4) is 0 Å². The highest BCUT2D eigenvalue weighted by atomic mass is 15.3. The van der Waals surface area contributed by atoms with Crippen molar-refractivity contribution in [2.75, 3.05) is 11.1 Å². The second-order valence-electron chi connectivity index (χ2n) is 4.41. The van der Waals surface area contributed by atoms with Crippen LogP contribution in [-0.4, -0.2) is 29.5 Å². The predicted octanol–water partition coefficient (Wildman–Crippen LogP) is 0.955. The Morgan fingerprint density at radius 1 is 1.19 bits per heavy atom. The van der Waals surface area contributed by atoms with Crippen molar-refractivity contribution < 1.29 is 0 Å². The van der Waals surface area contributed by atoms with Gasteiger partial charge in [0.05, 0.1) is 12.2 Å². The summed E-state index contributed by atoms with van der Waals surface area (Å²) < 4.78 is 1.66. The summed E-state index contributed by atoms with van der Waals surface area (Å²) in [6.45, 7) is 2.45. The lowest BCUT2D eigenvalue weighted by Gasteiger charge is -2.07. The zero-order chi connectivity index (χ0) is 14.7. The average molecular weight is 282 g/mol. The van der Waals surface area contributed by atoms with Crippen molar-refractivity contribution >= 4 is 11.9 Å². The van der Waals surface area contributed by atoms with E-state index in [4.69, 9.17) is 5.73 Å². The molecule has 0 saturated carbocycles. The summed E-state index contributed by atoms with van der Waals surface area (Å²) in [5.74, 6) is 0.961. The first-order chi connectivity index (χ1) is 10.2. The van der Waals surface area contributed by atoms with Crippen molar-refractivity contribution in [3.63, 3.8) is 0 Å². The van der Waals surface area contributed by atoms with Gasteiger partial charge in [0.1, 0.15) is 6.33 Å². The van der Waals surface area contributed by atoms with Gasteiger partial charge in [-0.15, -0.1) is 0 Å². The second-order valence-corrected chi connectivity index (χ2v) is 4.41. The molecule has 0 aliphatic rings. The number of pyridine rings is 1. The van der Waals surface area contributed by atoms with Crippen molar-refractivity contribution in [3.8, 4) is 5.95 Å². The number of hydrogen-bond donors (Lipinski definition) is 2. The Morgan fingerprint density at radius 2 is 2.10 bits per heavy atom. The minimum Gasteiger partial charge on any atom is -0.368 e. The smallest absolute Gasteiger partial charge is 0.241 e. The number of aromatic nitrogens is 6. The van der Waals surface area contributed by atoms with Gasteiger partial charge in [-0.3, -0.25) is 9.55 Å². The van der Waals surface area contributed by atoms with E-state index in [-0.39, 0.29) is 5.95 Å². The number of hydrogen-bond acceptors (Lipinski definition) is 7. The molecule has 106 valence electrons. The molecule has 0 atom stereocenters. The quantitative estimate of drug-likeness (QED) is 0.733. The number of nitrogens with one attached hydrogen (secondary N) is 1. The Bertz CT molecular complexity index is 738. The van der Waals surface area contributed by atoms with Gasteiger partial charge in [0.2, 0.25) is 17.8 Å². The lowest BCUT2D eigenvalue weighted by atomic mass is 10.3. The van der Waals surface area contributed by atoms with E-state index in [0.29, 0.717) is 18.4 Å². The SMILES string of the molecule is Cc1cccc(CNc2nc(N)nc(-n3ccnc3)n2)n1. The van der Waals surface area contributed by atoms with Crippen LogP contribution < -0.4 is 11.1 Å². The average Bonchev–Trinajstić information content (AvgIpc) is 2.99. The minimum absolute atomic E-state index is 0.147. The summed E-state index contributed by atoms with van der Waals surface area (Å²) in [6, 6.07) is 5.83. The molecule has 8 nitrogen and oxygen atoms in total. The zero-order valence-corrected chi connectivity index (χ0v) is 11.4. The number of nitrogens with zero attached hydrogens (tertiary/aromatic N) is 6. The molecule has 3 aromatic rings. The maximum absolute atomic E-state index is 5.71. The Kier molecular flexibility index (Phi) is 3.42. The molecular weight excluding hydrogens is 268 g/mol. The molecule has 0 aliphatic carbocycles. The lowest BCUT2D eigenvalue weighted by molar-refractivity contribution is 0.890. The van der Waals surface area contributed by atoms with Crippen LogP contribution in [0.4, 0.5) is 11.9 Å². The van der Waals surface area contributed by atoms with Crippen LogP contribution in [0.15, 0.2) is 36.9 Å². The topological polar surface area (TPSA) is 107 Å². The molecule has 3 aromatic heterocycles. The Balaban J connectivity index is 1.79.